The highest BCUT2D eigenvalue weighted by Gasteiger charge is 2.04. The molecule has 0 aromatic heterocycles. The Hall–Kier alpha value is -1.06. The van der Waals surface area contributed by atoms with Gasteiger partial charge in [0.25, 0.3) is 0 Å². The molecule has 0 saturated heterocycles. The van der Waals surface area contributed by atoms with Gasteiger partial charge in [-0.25, -0.2) is 0 Å². The van der Waals surface area contributed by atoms with Crippen LogP contribution in [0.1, 0.15) is 25.0 Å². The van der Waals surface area contributed by atoms with E-state index in [4.69, 9.17) is 9.84 Å². The van der Waals surface area contributed by atoms with Gasteiger partial charge in [-0.15, -0.1) is 0 Å². The van der Waals surface area contributed by atoms with E-state index < -0.39 is 0 Å². The van der Waals surface area contributed by atoms with Crippen LogP contribution in [-0.4, -0.2) is 17.3 Å². The van der Waals surface area contributed by atoms with Crippen molar-refractivity contribution in [2.24, 2.45) is 0 Å². The molecule has 3 heteroatoms. The number of rotatable bonds is 3. The molecule has 1 aromatic carbocycles. The summed E-state index contributed by atoms with van der Waals surface area (Å²) < 4.78 is 4.87. The van der Waals surface area contributed by atoms with Crippen molar-refractivity contribution < 1.29 is 14.9 Å². The molecule has 0 heterocycles. The Morgan fingerprint density at radius 1 is 1.21 bits per heavy atom. The van der Waals surface area contributed by atoms with E-state index in [9.17, 15) is 5.11 Å². The number of phenols is 1. The first kappa shape index (κ1) is 12.9. The molecule has 14 heavy (non-hydrogen) atoms. The minimum absolute atomic E-state index is 0.127. The Labute approximate surface area is 85.0 Å². The number of hydrogen-bond acceptors (Lipinski definition) is 3. The van der Waals surface area contributed by atoms with Crippen molar-refractivity contribution in [1.82, 2.24) is 0 Å². The van der Waals surface area contributed by atoms with Crippen LogP contribution in [0.25, 0.3) is 0 Å². The number of aliphatic hydroxyl groups excluding tert-OH is 1. The summed E-state index contributed by atoms with van der Waals surface area (Å²) in [7, 11) is 1.56. The number of para-hydroxylation sites is 1. The molecule has 0 radical (unpaired) electrons. The summed E-state index contributed by atoms with van der Waals surface area (Å²) in [6.45, 7) is 4.21. The van der Waals surface area contributed by atoms with Crippen LogP contribution in [-0.2, 0) is 18.0 Å². The molecule has 80 valence electrons. The summed E-state index contributed by atoms with van der Waals surface area (Å²) in [5.41, 5.74) is 1.23. The lowest BCUT2D eigenvalue weighted by atomic mass is 10.1. The fraction of sp³-hybridized carbons (Fsp3) is 0.455. The molecule has 0 atom stereocenters. The van der Waals surface area contributed by atoms with Crippen LogP contribution >= 0.6 is 0 Å². The van der Waals surface area contributed by atoms with Gasteiger partial charge in [0, 0.05) is 18.2 Å². The lowest BCUT2D eigenvalue weighted by Gasteiger charge is -2.06. The molecule has 0 fully saturated rings. The number of benzene rings is 1. The van der Waals surface area contributed by atoms with E-state index in [1.807, 2.05) is 13.8 Å². The van der Waals surface area contributed by atoms with Crippen LogP contribution < -0.4 is 0 Å². The lowest BCUT2D eigenvalue weighted by molar-refractivity contribution is 0.181. The summed E-state index contributed by atoms with van der Waals surface area (Å²) in [6, 6.07) is 5.21. The average Bonchev–Trinajstić information content (AvgIpc) is 2.24. The lowest BCUT2D eigenvalue weighted by Crippen LogP contribution is -1.92. The smallest absolute Gasteiger partial charge is 0.126 e. The molecule has 0 saturated carbocycles. The quantitative estimate of drug-likeness (QED) is 0.781. The fourth-order valence-electron chi connectivity index (χ4n) is 1.04. The SMILES string of the molecule is CC.COCc1cccc(CO)c1O. The Balaban J connectivity index is 0.000000791. The van der Waals surface area contributed by atoms with Crippen molar-refractivity contribution in [1.29, 1.82) is 0 Å². The van der Waals surface area contributed by atoms with E-state index in [2.05, 4.69) is 0 Å². The minimum atomic E-state index is -0.149. The van der Waals surface area contributed by atoms with Gasteiger partial charge in [-0.3, -0.25) is 0 Å². The normalized spacial score (nSPS) is 9.14. The summed E-state index contributed by atoms with van der Waals surface area (Å²) in [6.07, 6.45) is 0. The zero-order chi connectivity index (χ0) is 11.0. The van der Waals surface area contributed by atoms with E-state index >= 15 is 0 Å². The fourth-order valence-corrected chi connectivity index (χ4v) is 1.04. The van der Waals surface area contributed by atoms with Crippen molar-refractivity contribution in [3.8, 4) is 5.75 Å². The molecule has 3 nitrogen and oxygen atoms in total. The molecule has 2 N–H and O–H groups in total. The van der Waals surface area contributed by atoms with Crippen LogP contribution in [0.2, 0.25) is 0 Å². The van der Waals surface area contributed by atoms with Crippen molar-refractivity contribution in [2.75, 3.05) is 7.11 Å². The monoisotopic (exact) mass is 198 g/mol. The van der Waals surface area contributed by atoms with Crippen molar-refractivity contribution in [3.05, 3.63) is 29.3 Å². The van der Waals surface area contributed by atoms with Gasteiger partial charge in [0.1, 0.15) is 5.75 Å². The van der Waals surface area contributed by atoms with Gasteiger partial charge >= 0.3 is 0 Å². The van der Waals surface area contributed by atoms with Gasteiger partial charge < -0.3 is 14.9 Å². The molecular weight excluding hydrogens is 180 g/mol. The number of aromatic hydroxyl groups is 1. The Morgan fingerprint density at radius 3 is 2.29 bits per heavy atom. The molecule has 0 amide bonds. The van der Waals surface area contributed by atoms with Gasteiger partial charge in [0.2, 0.25) is 0 Å². The predicted molar refractivity (Wildman–Crippen MR) is 56.1 cm³/mol. The van der Waals surface area contributed by atoms with Gasteiger partial charge in [-0.2, -0.15) is 0 Å². The highest BCUT2D eigenvalue weighted by Crippen LogP contribution is 2.22. The average molecular weight is 198 g/mol. The van der Waals surface area contributed by atoms with Gasteiger partial charge in [-0.1, -0.05) is 32.0 Å². The second-order valence-corrected chi connectivity index (χ2v) is 2.52. The Morgan fingerprint density at radius 2 is 1.79 bits per heavy atom. The summed E-state index contributed by atoms with van der Waals surface area (Å²) in [4.78, 5) is 0. The van der Waals surface area contributed by atoms with Gasteiger partial charge in [0.05, 0.1) is 13.2 Å². The van der Waals surface area contributed by atoms with E-state index in [1.165, 1.54) is 0 Å². The van der Waals surface area contributed by atoms with Crippen molar-refractivity contribution in [3.63, 3.8) is 0 Å². The number of aliphatic hydroxyl groups is 1. The summed E-state index contributed by atoms with van der Waals surface area (Å²) in [5.74, 6) is 0.127. The van der Waals surface area contributed by atoms with E-state index in [0.717, 1.165) is 0 Å². The predicted octanol–water partition coefficient (Wildman–Crippen LogP) is 2.06. The number of methoxy groups -OCH3 is 1. The van der Waals surface area contributed by atoms with E-state index in [-0.39, 0.29) is 12.4 Å². The molecule has 0 bridgehead atoms. The van der Waals surface area contributed by atoms with E-state index in [0.29, 0.717) is 17.7 Å². The van der Waals surface area contributed by atoms with Gasteiger partial charge in [-0.05, 0) is 0 Å². The van der Waals surface area contributed by atoms with Crippen molar-refractivity contribution in [2.45, 2.75) is 27.1 Å². The maximum absolute atomic E-state index is 9.48. The molecule has 1 rings (SSSR count). The second-order valence-electron chi connectivity index (χ2n) is 2.52. The first-order chi connectivity index (χ1) is 6.79. The number of ether oxygens (including phenoxy) is 1. The zero-order valence-electron chi connectivity index (χ0n) is 8.95. The molecule has 0 unspecified atom stereocenters. The molecule has 0 aliphatic carbocycles. The van der Waals surface area contributed by atoms with E-state index in [1.54, 1.807) is 25.3 Å². The van der Waals surface area contributed by atoms with Crippen LogP contribution in [0.3, 0.4) is 0 Å². The molecule has 0 spiro atoms. The first-order valence-electron chi connectivity index (χ1n) is 4.69. The van der Waals surface area contributed by atoms with Gasteiger partial charge in [0.15, 0.2) is 0 Å². The highest BCUT2D eigenvalue weighted by molar-refractivity contribution is 5.39. The highest BCUT2D eigenvalue weighted by atomic mass is 16.5. The van der Waals surface area contributed by atoms with Crippen LogP contribution in [0.15, 0.2) is 18.2 Å². The third-order valence-electron chi connectivity index (χ3n) is 1.67. The summed E-state index contributed by atoms with van der Waals surface area (Å²) >= 11 is 0. The molecular formula is C11H18O3. The second kappa shape index (κ2) is 7.35. The maximum Gasteiger partial charge on any atom is 0.126 e. The topological polar surface area (TPSA) is 49.7 Å². The first-order valence-corrected chi connectivity index (χ1v) is 4.69. The third-order valence-corrected chi connectivity index (χ3v) is 1.67. The largest absolute Gasteiger partial charge is 0.507 e. The standard InChI is InChI=1S/C9H12O3.C2H6/c1-12-6-8-4-2-3-7(5-10)9(8)11;1-2/h2-4,10-11H,5-6H2,1H3;1-2H3. The molecule has 0 aliphatic rings. The van der Waals surface area contributed by atoms with Crippen molar-refractivity contribution >= 4 is 0 Å². The molecule has 1 aromatic rings. The minimum Gasteiger partial charge on any atom is -0.507 e. The summed E-state index contributed by atoms with van der Waals surface area (Å²) in [5, 5.41) is 18.3. The maximum atomic E-state index is 9.48. The van der Waals surface area contributed by atoms with Crippen LogP contribution in [0.5, 0.6) is 5.75 Å². The van der Waals surface area contributed by atoms with Crippen LogP contribution in [0.4, 0.5) is 0 Å². The third kappa shape index (κ3) is 3.36. The number of hydrogen-bond donors (Lipinski definition) is 2. The Bertz CT molecular complexity index is 259. The van der Waals surface area contributed by atoms with Crippen LogP contribution in [0, 0.1) is 0 Å². The zero-order valence-corrected chi connectivity index (χ0v) is 8.95. The Kier molecular flexibility index (Phi) is 6.80. The molecule has 0 aliphatic heterocycles.